The summed E-state index contributed by atoms with van der Waals surface area (Å²) in [7, 11) is -3.88. The first kappa shape index (κ1) is 18.1. The highest BCUT2D eigenvalue weighted by atomic mass is 32.2. The molecule has 2 aromatic carbocycles. The molecule has 0 unspecified atom stereocenters. The van der Waals surface area contributed by atoms with E-state index in [-0.39, 0.29) is 16.4 Å². The van der Waals surface area contributed by atoms with Gasteiger partial charge in [0.05, 0.1) is 16.5 Å². The Morgan fingerprint density at radius 3 is 2.50 bits per heavy atom. The number of nitrogens with one attached hydrogen (secondary N) is 1. The average Bonchev–Trinajstić information content (AvgIpc) is 2.94. The number of hydrogen-bond donors (Lipinski definition) is 1. The van der Waals surface area contributed by atoms with E-state index in [9.17, 15) is 13.2 Å². The normalized spacial score (nSPS) is 17.3. The van der Waals surface area contributed by atoms with Crippen LogP contribution in [-0.2, 0) is 14.8 Å². The molecule has 0 bridgehead atoms. The summed E-state index contributed by atoms with van der Waals surface area (Å²) in [6.07, 6.45) is 0.392. The van der Waals surface area contributed by atoms with Crippen molar-refractivity contribution in [1.29, 1.82) is 5.26 Å². The Kier molecular flexibility index (Phi) is 4.81. The summed E-state index contributed by atoms with van der Waals surface area (Å²) in [4.78, 5) is 14.3. The summed E-state index contributed by atoms with van der Waals surface area (Å²) < 4.78 is 27.6. The third kappa shape index (κ3) is 3.62. The summed E-state index contributed by atoms with van der Waals surface area (Å²) in [6, 6.07) is 12.7. The third-order valence-corrected chi connectivity index (χ3v) is 5.76. The van der Waals surface area contributed by atoms with Crippen LogP contribution in [0.3, 0.4) is 0 Å². The fraction of sp³-hybridized carbons (Fsp3) is 0.263. The van der Waals surface area contributed by atoms with Crippen LogP contribution < -0.4 is 9.62 Å². The number of rotatable bonds is 4. The minimum absolute atomic E-state index is 0.0193. The molecule has 1 saturated heterocycles. The van der Waals surface area contributed by atoms with Crippen LogP contribution in [0.5, 0.6) is 0 Å². The second-order valence-corrected chi connectivity index (χ2v) is 8.15. The van der Waals surface area contributed by atoms with E-state index in [4.69, 9.17) is 5.26 Å². The van der Waals surface area contributed by atoms with Gasteiger partial charge in [0.2, 0.25) is 15.9 Å². The van der Waals surface area contributed by atoms with Crippen LogP contribution in [0.1, 0.15) is 23.1 Å². The largest absolute Gasteiger partial charge is 0.311 e. The number of anilines is 1. The second kappa shape index (κ2) is 6.90. The number of nitrogens with zero attached hydrogens (tertiary/aromatic N) is 2. The van der Waals surface area contributed by atoms with Crippen LogP contribution in [0.15, 0.2) is 47.4 Å². The Labute approximate surface area is 153 Å². The standard InChI is InChI=1S/C19H19N3O3S/c1-13-8-14(2)10-16(9-13)22-7-6-18(19(22)23)21-26(24,25)17-5-3-4-15(11-17)12-20/h3-5,8-11,18,21H,6-7H2,1-2H3/t18-/m0/s1. The van der Waals surface area contributed by atoms with Gasteiger partial charge >= 0.3 is 0 Å². The summed E-state index contributed by atoms with van der Waals surface area (Å²) in [5.41, 5.74) is 3.12. The number of carbonyl (C=O) groups excluding carboxylic acids is 1. The van der Waals surface area contributed by atoms with E-state index < -0.39 is 16.1 Å². The molecule has 2 aromatic rings. The van der Waals surface area contributed by atoms with E-state index in [2.05, 4.69) is 4.72 Å². The van der Waals surface area contributed by atoms with Crippen molar-refractivity contribution in [2.24, 2.45) is 0 Å². The maximum absolute atomic E-state index is 12.7. The lowest BCUT2D eigenvalue weighted by Gasteiger charge is -2.18. The molecule has 1 N–H and O–H groups in total. The lowest BCUT2D eigenvalue weighted by Crippen LogP contribution is -2.41. The molecule has 26 heavy (non-hydrogen) atoms. The zero-order chi connectivity index (χ0) is 18.9. The molecule has 0 aliphatic carbocycles. The molecule has 1 aliphatic rings. The first-order valence-electron chi connectivity index (χ1n) is 8.22. The molecule has 0 saturated carbocycles. The van der Waals surface area contributed by atoms with Crippen LogP contribution in [0.4, 0.5) is 5.69 Å². The van der Waals surface area contributed by atoms with Gasteiger partial charge in [-0.05, 0) is 61.7 Å². The Balaban J connectivity index is 1.81. The van der Waals surface area contributed by atoms with Gasteiger partial charge in [-0.2, -0.15) is 9.98 Å². The highest BCUT2D eigenvalue weighted by Gasteiger charge is 2.35. The number of carbonyl (C=O) groups is 1. The van der Waals surface area contributed by atoms with E-state index >= 15 is 0 Å². The minimum Gasteiger partial charge on any atom is -0.311 e. The van der Waals surface area contributed by atoms with Gasteiger partial charge in [0.25, 0.3) is 0 Å². The molecule has 134 valence electrons. The van der Waals surface area contributed by atoms with E-state index in [0.717, 1.165) is 16.8 Å². The van der Waals surface area contributed by atoms with Crippen molar-refractivity contribution in [3.63, 3.8) is 0 Å². The first-order valence-corrected chi connectivity index (χ1v) is 9.70. The summed E-state index contributed by atoms with van der Waals surface area (Å²) >= 11 is 0. The van der Waals surface area contributed by atoms with E-state index in [1.54, 1.807) is 4.90 Å². The highest BCUT2D eigenvalue weighted by molar-refractivity contribution is 7.89. The maximum atomic E-state index is 12.7. The van der Waals surface area contributed by atoms with Crippen molar-refractivity contribution in [2.45, 2.75) is 31.2 Å². The molecule has 1 amide bonds. The van der Waals surface area contributed by atoms with E-state index in [1.807, 2.05) is 38.1 Å². The van der Waals surface area contributed by atoms with Gasteiger partial charge in [-0.3, -0.25) is 4.79 Å². The Hall–Kier alpha value is -2.69. The quantitative estimate of drug-likeness (QED) is 0.895. The van der Waals surface area contributed by atoms with Gasteiger partial charge in [-0.1, -0.05) is 12.1 Å². The summed E-state index contributed by atoms with van der Waals surface area (Å²) in [5.74, 6) is -0.269. The number of sulfonamides is 1. The molecule has 1 atom stereocenters. The predicted molar refractivity (Wildman–Crippen MR) is 98.2 cm³/mol. The summed E-state index contributed by atoms with van der Waals surface area (Å²) in [5, 5.41) is 8.93. The monoisotopic (exact) mass is 369 g/mol. The van der Waals surface area contributed by atoms with Crippen LogP contribution in [0.25, 0.3) is 0 Å². The second-order valence-electron chi connectivity index (χ2n) is 6.44. The zero-order valence-electron chi connectivity index (χ0n) is 14.6. The molecule has 1 fully saturated rings. The number of amides is 1. The molecular formula is C19H19N3O3S. The molecule has 1 heterocycles. The molecular weight excluding hydrogens is 350 g/mol. The van der Waals surface area contributed by atoms with Crippen LogP contribution in [0.2, 0.25) is 0 Å². The number of hydrogen-bond acceptors (Lipinski definition) is 4. The highest BCUT2D eigenvalue weighted by Crippen LogP contribution is 2.25. The summed E-state index contributed by atoms with van der Waals surface area (Å²) in [6.45, 7) is 4.37. The Morgan fingerprint density at radius 2 is 1.85 bits per heavy atom. The van der Waals surface area contributed by atoms with Crippen LogP contribution >= 0.6 is 0 Å². The van der Waals surface area contributed by atoms with Crippen molar-refractivity contribution in [1.82, 2.24) is 4.72 Å². The zero-order valence-corrected chi connectivity index (χ0v) is 15.4. The van der Waals surface area contributed by atoms with Gasteiger partial charge < -0.3 is 4.90 Å². The van der Waals surface area contributed by atoms with Gasteiger partial charge in [0.15, 0.2) is 0 Å². The van der Waals surface area contributed by atoms with Gasteiger partial charge in [0, 0.05) is 12.2 Å². The Bertz CT molecular complexity index is 989. The van der Waals surface area contributed by atoms with Crippen LogP contribution in [-0.4, -0.2) is 26.9 Å². The number of aryl methyl sites for hydroxylation is 2. The molecule has 7 heteroatoms. The van der Waals surface area contributed by atoms with Crippen molar-refractivity contribution >= 4 is 21.6 Å². The third-order valence-electron chi connectivity index (χ3n) is 4.29. The van der Waals surface area contributed by atoms with Crippen LogP contribution in [0, 0.1) is 25.2 Å². The van der Waals surface area contributed by atoms with Crippen molar-refractivity contribution in [3.8, 4) is 6.07 Å². The topological polar surface area (TPSA) is 90.3 Å². The molecule has 1 aliphatic heterocycles. The molecule has 0 radical (unpaired) electrons. The molecule has 0 aromatic heterocycles. The van der Waals surface area contributed by atoms with Gasteiger partial charge in [-0.15, -0.1) is 0 Å². The average molecular weight is 369 g/mol. The fourth-order valence-electron chi connectivity index (χ4n) is 3.14. The van der Waals surface area contributed by atoms with Crippen molar-refractivity contribution in [2.75, 3.05) is 11.4 Å². The van der Waals surface area contributed by atoms with E-state index in [1.165, 1.54) is 24.3 Å². The minimum atomic E-state index is -3.88. The number of nitriles is 1. The molecule has 0 spiro atoms. The smallest absolute Gasteiger partial charge is 0.245 e. The fourth-order valence-corrected chi connectivity index (χ4v) is 4.41. The number of benzene rings is 2. The molecule has 3 rings (SSSR count). The van der Waals surface area contributed by atoms with Gasteiger partial charge in [0.1, 0.15) is 6.04 Å². The maximum Gasteiger partial charge on any atom is 0.245 e. The van der Waals surface area contributed by atoms with Crippen molar-refractivity contribution < 1.29 is 13.2 Å². The predicted octanol–water partition coefficient (Wildman–Crippen LogP) is 2.26. The SMILES string of the molecule is Cc1cc(C)cc(N2CC[C@H](NS(=O)(=O)c3cccc(C#N)c3)C2=O)c1. The van der Waals surface area contributed by atoms with E-state index in [0.29, 0.717) is 13.0 Å². The van der Waals surface area contributed by atoms with Crippen molar-refractivity contribution in [3.05, 3.63) is 59.2 Å². The molecule has 6 nitrogen and oxygen atoms in total. The first-order chi connectivity index (χ1) is 12.3. The lowest BCUT2D eigenvalue weighted by molar-refractivity contribution is -0.118. The lowest BCUT2D eigenvalue weighted by atomic mass is 10.1. The van der Waals surface area contributed by atoms with Gasteiger partial charge in [-0.25, -0.2) is 8.42 Å². The Morgan fingerprint density at radius 1 is 1.15 bits per heavy atom.